The fourth-order valence-electron chi connectivity index (χ4n) is 3.31. The Kier molecular flexibility index (Phi) is 6.17. The van der Waals surface area contributed by atoms with Crippen molar-refractivity contribution >= 4 is 5.91 Å². The van der Waals surface area contributed by atoms with Crippen molar-refractivity contribution in [2.75, 3.05) is 19.7 Å². The molecule has 3 rings (SSSR count). The number of piperidine rings is 1. The fraction of sp³-hybridized carbons (Fsp3) is 0.400. The van der Waals surface area contributed by atoms with Gasteiger partial charge in [0.1, 0.15) is 11.6 Å². The predicted octanol–water partition coefficient (Wildman–Crippen LogP) is 3.32. The van der Waals surface area contributed by atoms with Crippen LogP contribution in [0.3, 0.4) is 0 Å². The van der Waals surface area contributed by atoms with Crippen molar-refractivity contribution in [3.63, 3.8) is 0 Å². The number of likely N-dealkylation sites (tertiary alicyclic amines) is 1. The summed E-state index contributed by atoms with van der Waals surface area (Å²) in [6, 6.07) is 7.88. The second kappa shape index (κ2) is 8.76. The summed E-state index contributed by atoms with van der Waals surface area (Å²) in [7, 11) is 0. The largest absolute Gasteiger partial charge is 0.493 e. The fourth-order valence-corrected chi connectivity index (χ4v) is 3.31. The first-order chi connectivity index (χ1) is 12.7. The van der Waals surface area contributed by atoms with E-state index in [0.29, 0.717) is 31.9 Å². The van der Waals surface area contributed by atoms with Crippen LogP contribution in [-0.4, -0.2) is 35.5 Å². The van der Waals surface area contributed by atoms with Gasteiger partial charge in [-0.15, -0.1) is 0 Å². The van der Waals surface area contributed by atoms with Crippen LogP contribution in [0, 0.1) is 5.82 Å². The maximum Gasteiger partial charge on any atom is 0.258 e. The van der Waals surface area contributed by atoms with E-state index in [1.54, 1.807) is 12.4 Å². The Bertz CT molecular complexity index is 739. The molecule has 1 amide bonds. The van der Waals surface area contributed by atoms with Crippen molar-refractivity contribution in [3.8, 4) is 5.75 Å². The molecule has 2 N–H and O–H groups in total. The summed E-state index contributed by atoms with van der Waals surface area (Å²) in [5.41, 5.74) is 6.76. The monoisotopic (exact) mass is 357 g/mol. The van der Waals surface area contributed by atoms with Crippen molar-refractivity contribution in [2.24, 2.45) is 5.73 Å². The van der Waals surface area contributed by atoms with Gasteiger partial charge < -0.3 is 15.4 Å². The molecule has 1 aliphatic rings. The van der Waals surface area contributed by atoms with Gasteiger partial charge >= 0.3 is 0 Å². The normalized spacial score (nSPS) is 17.2. The zero-order valence-electron chi connectivity index (χ0n) is 14.7. The van der Waals surface area contributed by atoms with Gasteiger partial charge in [0.05, 0.1) is 18.2 Å². The molecule has 1 fully saturated rings. The van der Waals surface area contributed by atoms with E-state index < -0.39 is 5.82 Å². The predicted molar refractivity (Wildman–Crippen MR) is 97.4 cm³/mol. The number of pyridine rings is 1. The highest BCUT2D eigenvalue weighted by Gasteiger charge is 2.30. The molecule has 2 heterocycles. The maximum atomic E-state index is 13.8. The summed E-state index contributed by atoms with van der Waals surface area (Å²) in [6.07, 6.45) is 7.03. The minimum atomic E-state index is -0.450. The summed E-state index contributed by atoms with van der Waals surface area (Å²) >= 11 is 0. The number of nitrogens with zero attached hydrogens (tertiary/aromatic N) is 2. The first kappa shape index (κ1) is 18.3. The average molecular weight is 357 g/mol. The van der Waals surface area contributed by atoms with Crippen molar-refractivity contribution in [1.82, 2.24) is 9.88 Å². The number of carbonyl (C=O) groups is 1. The Hall–Kier alpha value is -2.47. The lowest BCUT2D eigenvalue weighted by Crippen LogP contribution is -2.38. The van der Waals surface area contributed by atoms with E-state index in [4.69, 9.17) is 10.5 Å². The van der Waals surface area contributed by atoms with Gasteiger partial charge in [0, 0.05) is 18.9 Å². The molecular formula is C20H24FN3O2. The van der Waals surface area contributed by atoms with E-state index in [2.05, 4.69) is 4.98 Å². The molecule has 0 unspecified atom stereocenters. The van der Waals surface area contributed by atoms with Gasteiger partial charge in [0.15, 0.2) is 0 Å². The molecule has 0 aliphatic carbocycles. The molecule has 1 aliphatic heterocycles. The van der Waals surface area contributed by atoms with E-state index in [1.165, 1.54) is 18.2 Å². The number of rotatable bonds is 6. The Morgan fingerprint density at radius 2 is 2.23 bits per heavy atom. The number of aromatic nitrogens is 1. The topological polar surface area (TPSA) is 68.5 Å². The van der Waals surface area contributed by atoms with Crippen LogP contribution in [0.4, 0.5) is 4.39 Å². The third kappa shape index (κ3) is 4.19. The molecule has 26 heavy (non-hydrogen) atoms. The second-order valence-corrected chi connectivity index (χ2v) is 6.43. The highest BCUT2D eigenvalue weighted by molar-refractivity contribution is 5.97. The Labute approximate surface area is 153 Å². The third-order valence-electron chi connectivity index (χ3n) is 4.61. The van der Waals surface area contributed by atoms with Gasteiger partial charge in [0.25, 0.3) is 5.91 Å². The van der Waals surface area contributed by atoms with Gasteiger partial charge in [-0.1, -0.05) is 6.07 Å². The average Bonchev–Trinajstić information content (AvgIpc) is 2.69. The number of hydrogen-bond donors (Lipinski definition) is 1. The van der Waals surface area contributed by atoms with E-state index in [9.17, 15) is 9.18 Å². The number of hydrogen-bond acceptors (Lipinski definition) is 4. The number of benzene rings is 1. The number of amides is 1. The molecular weight excluding hydrogens is 333 g/mol. The Morgan fingerprint density at radius 1 is 1.35 bits per heavy atom. The Balaban J connectivity index is 1.88. The van der Waals surface area contributed by atoms with Crippen LogP contribution in [0.15, 0.2) is 42.7 Å². The van der Waals surface area contributed by atoms with Crippen LogP contribution in [-0.2, 0) is 0 Å². The Morgan fingerprint density at radius 3 is 3.00 bits per heavy atom. The summed E-state index contributed by atoms with van der Waals surface area (Å²) < 4.78 is 19.5. The molecule has 5 nitrogen and oxygen atoms in total. The van der Waals surface area contributed by atoms with Gasteiger partial charge in [-0.25, -0.2) is 4.39 Å². The zero-order valence-corrected chi connectivity index (χ0v) is 14.7. The molecule has 1 atom stereocenters. The number of nitrogens with two attached hydrogens (primary N) is 1. The number of halogens is 1. The van der Waals surface area contributed by atoms with E-state index in [1.807, 2.05) is 17.0 Å². The van der Waals surface area contributed by atoms with Crippen LogP contribution < -0.4 is 10.5 Å². The van der Waals surface area contributed by atoms with E-state index in [0.717, 1.165) is 24.8 Å². The summed E-state index contributed by atoms with van der Waals surface area (Å²) in [5, 5.41) is 0. The minimum Gasteiger partial charge on any atom is -0.493 e. The van der Waals surface area contributed by atoms with Crippen molar-refractivity contribution < 1.29 is 13.9 Å². The van der Waals surface area contributed by atoms with Crippen molar-refractivity contribution in [1.29, 1.82) is 0 Å². The molecule has 0 spiro atoms. The summed E-state index contributed by atoms with van der Waals surface area (Å²) in [6.45, 7) is 1.53. The first-order valence-corrected chi connectivity index (χ1v) is 9.04. The molecule has 2 aromatic rings. The molecule has 1 saturated heterocycles. The van der Waals surface area contributed by atoms with Crippen molar-refractivity contribution in [3.05, 3.63) is 59.7 Å². The lowest BCUT2D eigenvalue weighted by Gasteiger charge is -2.36. The summed E-state index contributed by atoms with van der Waals surface area (Å²) in [5.74, 6) is -0.254. The van der Waals surface area contributed by atoms with Crippen LogP contribution in [0.5, 0.6) is 5.75 Å². The van der Waals surface area contributed by atoms with Crippen molar-refractivity contribution in [2.45, 2.75) is 31.7 Å². The smallest absolute Gasteiger partial charge is 0.258 e. The highest BCUT2D eigenvalue weighted by atomic mass is 19.1. The molecule has 6 heteroatoms. The van der Waals surface area contributed by atoms with Gasteiger partial charge in [-0.3, -0.25) is 9.78 Å². The van der Waals surface area contributed by atoms with Crippen LogP contribution in [0.1, 0.15) is 47.6 Å². The van der Waals surface area contributed by atoms with Gasteiger partial charge in [0.2, 0.25) is 0 Å². The number of carbonyl (C=O) groups excluding carboxylic acids is 1. The third-order valence-corrected chi connectivity index (χ3v) is 4.61. The second-order valence-electron chi connectivity index (χ2n) is 6.43. The standard InChI is InChI=1S/C20H24FN3O2/c21-16-7-8-19(26-12-4-9-22)17(13-16)20(25)24-11-2-1-6-18(24)15-5-3-10-23-14-15/h3,5,7-8,10,13-14,18H,1-2,4,6,9,11-12,22H2/t18-/m0/s1. The molecule has 0 bridgehead atoms. The van der Waals surface area contributed by atoms with E-state index in [-0.39, 0.29) is 17.5 Å². The SMILES string of the molecule is NCCCOc1ccc(F)cc1C(=O)N1CCCC[C@H]1c1cccnc1. The van der Waals surface area contributed by atoms with Gasteiger partial charge in [-0.05, 0) is 62.1 Å². The number of ether oxygens (including phenoxy) is 1. The quantitative estimate of drug-likeness (QED) is 0.806. The van der Waals surface area contributed by atoms with Crippen LogP contribution >= 0.6 is 0 Å². The zero-order chi connectivity index (χ0) is 18.4. The molecule has 1 aromatic heterocycles. The summed E-state index contributed by atoms with van der Waals surface area (Å²) in [4.78, 5) is 19.2. The van der Waals surface area contributed by atoms with Crippen LogP contribution in [0.2, 0.25) is 0 Å². The van der Waals surface area contributed by atoms with Gasteiger partial charge in [-0.2, -0.15) is 0 Å². The molecule has 1 aromatic carbocycles. The maximum absolute atomic E-state index is 13.8. The van der Waals surface area contributed by atoms with E-state index >= 15 is 0 Å². The first-order valence-electron chi connectivity index (χ1n) is 9.04. The minimum absolute atomic E-state index is 0.0508. The lowest BCUT2D eigenvalue weighted by molar-refractivity contribution is 0.0606. The molecule has 0 saturated carbocycles. The lowest BCUT2D eigenvalue weighted by atomic mass is 9.95. The molecule has 0 radical (unpaired) electrons. The van der Waals surface area contributed by atoms with Crippen LogP contribution in [0.25, 0.3) is 0 Å². The highest BCUT2D eigenvalue weighted by Crippen LogP contribution is 2.33. The molecule has 138 valence electrons.